The molecule has 3 aromatic carbocycles. The van der Waals surface area contributed by atoms with Crippen LogP contribution in [0.5, 0.6) is 11.5 Å². The third-order valence-corrected chi connectivity index (χ3v) is 5.56. The van der Waals surface area contributed by atoms with Gasteiger partial charge in [-0.1, -0.05) is 54.6 Å². The molecular weight excluding hydrogens is 435 g/mol. The van der Waals surface area contributed by atoms with E-state index in [0.717, 1.165) is 11.1 Å². The van der Waals surface area contributed by atoms with Gasteiger partial charge < -0.3 is 14.4 Å². The SMILES string of the molecule is COc1ccc(C2/C=C\CN(C(=O)Oc3ccccc3)CC(=O)N2Cc2ccc(F)cc2)cc1. The summed E-state index contributed by atoms with van der Waals surface area (Å²) in [5.74, 6) is 0.527. The maximum absolute atomic E-state index is 13.5. The fourth-order valence-electron chi connectivity index (χ4n) is 3.75. The normalized spacial score (nSPS) is 17.0. The molecule has 0 fully saturated rings. The molecule has 1 heterocycles. The summed E-state index contributed by atoms with van der Waals surface area (Å²) in [7, 11) is 1.60. The Morgan fingerprint density at radius 1 is 0.971 bits per heavy atom. The number of rotatable bonds is 5. The molecule has 7 heteroatoms. The molecule has 0 N–H and O–H groups in total. The first-order chi connectivity index (χ1) is 16.5. The summed E-state index contributed by atoms with van der Waals surface area (Å²) >= 11 is 0. The Morgan fingerprint density at radius 2 is 1.68 bits per heavy atom. The molecular formula is C27H25FN2O4. The molecule has 1 atom stereocenters. The van der Waals surface area contributed by atoms with Gasteiger partial charge in [0.1, 0.15) is 23.9 Å². The quantitative estimate of drug-likeness (QED) is 0.504. The van der Waals surface area contributed by atoms with Crippen molar-refractivity contribution in [2.45, 2.75) is 12.6 Å². The highest BCUT2D eigenvalue weighted by atomic mass is 19.1. The number of methoxy groups -OCH3 is 1. The van der Waals surface area contributed by atoms with Gasteiger partial charge in [-0.05, 0) is 47.5 Å². The van der Waals surface area contributed by atoms with Gasteiger partial charge in [0.25, 0.3) is 0 Å². The van der Waals surface area contributed by atoms with Crippen LogP contribution in [0.1, 0.15) is 17.2 Å². The third-order valence-electron chi connectivity index (χ3n) is 5.56. The zero-order chi connectivity index (χ0) is 23.9. The maximum atomic E-state index is 13.5. The van der Waals surface area contributed by atoms with Crippen molar-refractivity contribution < 1.29 is 23.5 Å². The number of ether oxygens (including phenoxy) is 2. The number of nitrogens with zero attached hydrogens (tertiary/aromatic N) is 2. The minimum atomic E-state index is -0.603. The van der Waals surface area contributed by atoms with E-state index in [9.17, 15) is 14.0 Å². The van der Waals surface area contributed by atoms with Crippen molar-refractivity contribution in [3.63, 3.8) is 0 Å². The monoisotopic (exact) mass is 460 g/mol. The number of halogens is 1. The van der Waals surface area contributed by atoms with E-state index in [1.165, 1.54) is 17.0 Å². The van der Waals surface area contributed by atoms with E-state index in [1.807, 2.05) is 42.5 Å². The standard InChI is InChI=1S/C27H25FN2O4/c1-33-23-15-11-21(12-16-23)25-8-5-17-29(27(32)34-24-6-3-2-4-7-24)19-26(31)30(25)18-20-9-13-22(28)14-10-20/h2-16,25H,17-19H2,1H3/b8-5-. The highest BCUT2D eigenvalue weighted by Gasteiger charge is 2.29. The zero-order valence-electron chi connectivity index (χ0n) is 18.8. The maximum Gasteiger partial charge on any atom is 0.415 e. The average molecular weight is 461 g/mol. The first-order valence-electron chi connectivity index (χ1n) is 10.9. The van der Waals surface area contributed by atoms with E-state index in [1.54, 1.807) is 48.4 Å². The van der Waals surface area contributed by atoms with E-state index >= 15 is 0 Å². The first kappa shape index (κ1) is 23.0. The topological polar surface area (TPSA) is 59.1 Å². The van der Waals surface area contributed by atoms with Gasteiger partial charge in [0.05, 0.1) is 13.2 Å². The molecule has 0 spiro atoms. The molecule has 174 valence electrons. The van der Waals surface area contributed by atoms with Crippen molar-refractivity contribution in [2.75, 3.05) is 20.2 Å². The third kappa shape index (κ3) is 5.61. The van der Waals surface area contributed by atoms with Crippen LogP contribution in [0.4, 0.5) is 9.18 Å². The predicted molar refractivity (Wildman–Crippen MR) is 126 cm³/mol. The Hall–Kier alpha value is -4.13. The lowest BCUT2D eigenvalue weighted by Crippen LogP contribution is -2.46. The smallest absolute Gasteiger partial charge is 0.415 e. The van der Waals surface area contributed by atoms with Gasteiger partial charge in [-0.2, -0.15) is 0 Å². The van der Waals surface area contributed by atoms with Gasteiger partial charge in [-0.25, -0.2) is 9.18 Å². The summed E-state index contributed by atoms with van der Waals surface area (Å²) in [6.07, 6.45) is 3.14. The highest BCUT2D eigenvalue weighted by molar-refractivity contribution is 5.84. The van der Waals surface area contributed by atoms with Crippen LogP contribution in [-0.2, 0) is 11.3 Å². The summed E-state index contributed by atoms with van der Waals surface area (Å²) in [5.41, 5.74) is 1.67. The van der Waals surface area contributed by atoms with Crippen molar-refractivity contribution in [2.24, 2.45) is 0 Å². The molecule has 2 amide bonds. The van der Waals surface area contributed by atoms with Crippen molar-refractivity contribution >= 4 is 12.0 Å². The molecule has 0 saturated heterocycles. The number of para-hydroxylation sites is 1. The van der Waals surface area contributed by atoms with E-state index in [-0.39, 0.29) is 37.4 Å². The molecule has 3 aromatic rings. The lowest BCUT2D eigenvalue weighted by atomic mass is 10.0. The van der Waals surface area contributed by atoms with E-state index < -0.39 is 6.09 Å². The lowest BCUT2D eigenvalue weighted by Gasteiger charge is -2.34. The largest absolute Gasteiger partial charge is 0.497 e. The summed E-state index contributed by atoms with van der Waals surface area (Å²) in [5, 5.41) is 0. The van der Waals surface area contributed by atoms with Gasteiger partial charge in [0.2, 0.25) is 5.91 Å². The second kappa shape index (κ2) is 10.7. The highest BCUT2D eigenvalue weighted by Crippen LogP contribution is 2.28. The number of hydrogen-bond acceptors (Lipinski definition) is 4. The van der Waals surface area contributed by atoms with Crippen molar-refractivity contribution in [3.05, 3.63) is 108 Å². The zero-order valence-corrected chi connectivity index (χ0v) is 18.8. The van der Waals surface area contributed by atoms with Crippen LogP contribution in [0.25, 0.3) is 0 Å². The molecule has 0 radical (unpaired) electrons. The lowest BCUT2D eigenvalue weighted by molar-refractivity contribution is -0.134. The molecule has 1 aliphatic rings. The Balaban J connectivity index is 1.61. The van der Waals surface area contributed by atoms with Gasteiger partial charge in [-0.3, -0.25) is 9.69 Å². The van der Waals surface area contributed by atoms with Gasteiger partial charge in [0.15, 0.2) is 0 Å². The number of hydrogen-bond donors (Lipinski definition) is 0. The van der Waals surface area contributed by atoms with Gasteiger partial charge >= 0.3 is 6.09 Å². The minimum Gasteiger partial charge on any atom is -0.497 e. The predicted octanol–water partition coefficient (Wildman–Crippen LogP) is 4.98. The molecule has 34 heavy (non-hydrogen) atoms. The van der Waals surface area contributed by atoms with Gasteiger partial charge in [-0.15, -0.1) is 0 Å². The molecule has 4 rings (SSSR count). The van der Waals surface area contributed by atoms with E-state index in [4.69, 9.17) is 9.47 Å². The number of amides is 2. The average Bonchev–Trinajstić information content (AvgIpc) is 2.85. The fourth-order valence-corrected chi connectivity index (χ4v) is 3.75. The summed E-state index contributed by atoms with van der Waals surface area (Å²) in [6.45, 7) is 0.333. The van der Waals surface area contributed by atoms with Crippen molar-refractivity contribution in [1.29, 1.82) is 0 Å². The molecule has 0 bridgehead atoms. The molecule has 6 nitrogen and oxygen atoms in total. The Kier molecular flexibility index (Phi) is 7.22. The molecule has 1 unspecified atom stereocenters. The van der Waals surface area contributed by atoms with E-state index in [0.29, 0.717) is 11.5 Å². The minimum absolute atomic E-state index is 0.149. The molecule has 0 aromatic heterocycles. The van der Waals surface area contributed by atoms with Crippen LogP contribution in [0.3, 0.4) is 0 Å². The van der Waals surface area contributed by atoms with Crippen LogP contribution in [0, 0.1) is 5.82 Å². The molecule has 0 saturated carbocycles. The Bertz CT molecular complexity index is 1150. The van der Waals surface area contributed by atoms with Crippen LogP contribution < -0.4 is 9.47 Å². The Labute approximate surface area is 197 Å². The van der Waals surface area contributed by atoms with Crippen LogP contribution >= 0.6 is 0 Å². The number of benzene rings is 3. The molecule has 1 aliphatic heterocycles. The first-order valence-corrected chi connectivity index (χ1v) is 10.9. The van der Waals surface area contributed by atoms with Crippen LogP contribution in [0.15, 0.2) is 91.0 Å². The number of carbonyl (C=O) groups excluding carboxylic acids is 2. The summed E-state index contributed by atoms with van der Waals surface area (Å²) in [4.78, 5) is 29.2. The fraction of sp³-hybridized carbons (Fsp3) is 0.185. The Morgan fingerprint density at radius 3 is 2.35 bits per heavy atom. The van der Waals surface area contributed by atoms with E-state index in [2.05, 4.69) is 0 Å². The van der Waals surface area contributed by atoms with Crippen molar-refractivity contribution in [1.82, 2.24) is 9.80 Å². The van der Waals surface area contributed by atoms with Gasteiger partial charge in [0, 0.05) is 13.1 Å². The van der Waals surface area contributed by atoms with Crippen LogP contribution in [0.2, 0.25) is 0 Å². The second-order valence-corrected chi connectivity index (χ2v) is 7.86. The summed E-state index contributed by atoms with van der Waals surface area (Å²) < 4.78 is 24.1. The molecule has 0 aliphatic carbocycles. The second-order valence-electron chi connectivity index (χ2n) is 7.86. The summed E-state index contributed by atoms with van der Waals surface area (Å²) in [6, 6.07) is 21.9. The number of carbonyl (C=O) groups is 2. The van der Waals surface area contributed by atoms with Crippen LogP contribution in [-0.4, -0.2) is 42.0 Å². The van der Waals surface area contributed by atoms with Crippen molar-refractivity contribution in [3.8, 4) is 11.5 Å².